The van der Waals surface area contributed by atoms with E-state index in [9.17, 15) is 8.78 Å². The summed E-state index contributed by atoms with van der Waals surface area (Å²) in [5, 5.41) is 0. The Morgan fingerprint density at radius 1 is 1.08 bits per heavy atom. The van der Waals surface area contributed by atoms with Crippen LogP contribution in [0.25, 0.3) is 0 Å². The van der Waals surface area contributed by atoms with E-state index in [0.29, 0.717) is 24.4 Å². The minimum atomic E-state index is -2.86. The molecule has 0 aliphatic carbocycles. The van der Waals surface area contributed by atoms with Crippen molar-refractivity contribution in [2.45, 2.75) is 32.6 Å². The summed E-state index contributed by atoms with van der Waals surface area (Å²) in [7, 11) is 0. The van der Waals surface area contributed by atoms with Gasteiger partial charge in [-0.1, -0.05) is 13.8 Å². The summed E-state index contributed by atoms with van der Waals surface area (Å²) in [6, 6.07) is 0. The van der Waals surface area contributed by atoms with Crippen molar-refractivity contribution in [3.63, 3.8) is 0 Å². The van der Waals surface area contributed by atoms with Crippen LogP contribution in [-0.4, -0.2) is 19.1 Å². The minimum Gasteiger partial charge on any atom is -0.488 e. The van der Waals surface area contributed by atoms with E-state index in [1.54, 1.807) is 0 Å². The van der Waals surface area contributed by atoms with Crippen LogP contribution in [0.3, 0.4) is 0 Å². The average Bonchev–Trinajstić information content (AvgIpc) is 2.23. The molecule has 0 N–H and O–H groups in total. The molecule has 0 saturated carbocycles. The molecule has 0 aromatic carbocycles. The number of allylic oxidation sites excluding steroid dienone is 2. The fourth-order valence-corrected chi connectivity index (χ4v) is 1.19. The fourth-order valence-electron chi connectivity index (χ4n) is 1.19. The van der Waals surface area contributed by atoms with Crippen LogP contribution in [0.5, 0.6) is 0 Å². The Hall–Kier alpha value is -0.800. The normalized spacial score (nSPS) is 21.8. The summed E-state index contributed by atoms with van der Waals surface area (Å²) >= 11 is 0. The van der Waals surface area contributed by atoms with Gasteiger partial charge in [-0.05, 0) is 0 Å². The van der Waals surface area contributed by atoms with E-state index in [-0.39, 0.29) is 0 Å². The second-order valence-corrected chi connectivity index (χ2v) is 2.99. The smallest absolute Gasteiger partial charge is 0.314 e. The van der Waals surface area contributed by atoms with Gasteiger partial charge in [-0.25, -0.2) is 0 Å². The summed E-state index contributed by atoms with van der Waals surface area (Å²) in [6.07, 6.45) is 1.19. The van der Waals surface area contributed by atoms with Gasteiger partial charge >= 0.3 is 5.92 Å². The Balaban J connectivity index is 2.72. The topological polar surface area (TPSA) is 18.5 Å². The molecule has 1 aliphatic heterocycles. The fraction of sp³-hybridized carbons (Fsp3) is 0.778. The van der Waals surface area contributed by atoms with E-state index in [0.717, 1.165) is 0 Å². The van der Waals surface area contributed by atoms with Crippen LogP contribution in [0.15, 0.2) is 11.5 Å². The molecule has 1 aliphatic rings. The van der Waals surface area contributed by atoms with Crippen molar-refractivity contribution in [1.82, 2.24) is 0 Å². The number of alkyl halides is 2. The van der Waals surface area contributed by atoms with Gasteiger partial charge in [0.25, 0.3) is 0 Å². The summed E-state index contributed by atoms with van der Waals surface area (Å²) in [6.45, 7) is 2.58. The predicted molar refractivity (Wildman–Crippen MR) is 44.5 cm³/mol. The summed E-state index contributed by atoms with van der Waals surface area (Å²) in [5.74, 6) is -1.75. The highest BCUT2D eigenvalue weighted by Gasteiger charge is 2.34. The Morgan fingerprint density at radius 2 is 1.46 bits per heavy atom. The molecule has 4 heteroatoms. The van der Waals surface area contributed by atoms with Gasteiger partial charge in [0.2, 0.25) is 0 Å². The van der Waals surface area contributed by atoms with Gasteiger partial charge in [0.05, 0.1) is 0 Å². The molecule has 0 bridgehead atoms. The molecule has 2 nitrogen and oxygen atoms in total. The van der Waals surface area contributed by atoms with Crippen LogP contribution >= 0.6 is 0 Å². The lowest BCUT2D eigenvalue weighted by Crippen LogP contribution is -2.27. The van der Waals surface area contributed by atoms with Crippen LogP contribution < -0.4 is 0 Å². The first-order chi connectivity index (χ1) is 6.09. The zero-order valence-electron chi connectivity index (χ0n) is 7.90. The van der Waals surface area contributed by atoms with E-state index < -0.39 is 19.1 Å². The van der Waals surface area contributed by atoms with Gasteiger partial charge in [0.15, 0.2) is 13.2 Å². The molecule has 76 valence electrons. The van der Waals surface area contributed by atoms with Gasteiger partial charge < -0.3 is 9.47 Å². The molecule has 0 spiro atoms. The Morgan fingerprint density at radius 3 is 1.77 bits per heavy atom. The third kappa shape index (κ3) is 2.57. The van der Waals surface area contributed by atoms with Crippen molar-refractivity contribution in [2.24, 2.45) is 0 Å². The van der Waals surface area contributed by atoms with Crippen LogP contribution in [-0.2, 0) is 9.47 Å². The second-order valence-electron chi connectivity index (χ2n) is 2.99. The highest BCUT2D eigenvalue weighted by Crippen LogP contribution is 2.26. The Kier molecular flexibility index (Phi) is 3.12. The molecule has 0 aromatic heterocycles. The minimum absolute atomic E-state index is 0.555. The van der Waals surface area contributed by atoms with Crippen molar-refractivity contribution in [3.05, 3.63) is 11.5 Å². The van der Waals surface area contributed by atoms with Crippen LogP contribution in [0.1, 0.15) is 26.7 Å². The number of rotatable bonds is 2. The Labute approximate surface area is 76.5 Å². The molecule has 0 saturated heterocycles. The number of ether oxygens (including phenoxy) is 2. The second kappa shape index (κ2) is 3.94. The third-order valence-electron chi connectivity index (χ3n) is 1.87. The molecule has 13 heavy (non-hydrogen) atoms. The highest BCUT2D eigenvalue weighted by molar-refractivity contribution is 5.02. The molecule has 0 atom stereocenters. The van der Waals surface area contributed by atoms with Crippen molar-refractivity contribution >= 4 is 0 Å². The van der Waals surface area contributed by atoms with Gasteiger partial charge in [0, 0.05) is 12.8 Å². The monoisotopic (exact) mass is 192 g/mol. The van der Waals surface area contributed by atoms with Gasteiger partial charge in [0.1, 0.15) is 11.5 Å². The molecule has 0 aromatic rings. The lowest BCUT2D eigenvalue weighted by Gasteiger charge is -2.12. The van der Waals surface area contributed by atoms with E-state index >= 15 is 0 Å². The van der Waals surface area contributed by atoms with Crippen LogP contribution in [0, 0.1) is 0 Å². The summed E-state index contributed by atoms with van der Waals surface area (Å²) < 4.78 is 35.6. The zero-order chi connectivity index (χ0) is 9.90. The van der Waals surface area contributed by atoms with E-state index in [1.165, 1.54) is 0 Å². The lowest BCUT2D eigenvalue weighted by atomic mass is 10.3. The molecule has 1 heterocycles. The summed E-state index contributed by atoms with van der Waals surface area (Å²) in [4.78, 5) is 0. The first-order valence-corrected chi connectivity index (χ1v) is 4.44. The molecular formula is C9H14F2O2. The maximum atomic E-state index is 12.8. The van der Waals surface area contributed by atoms with Crippen molar-refractivity contribution < 1.29 is 18.3 Å². The third-order valence-corrected chi connectivity index (χ3v) is 1.87. The first kappa shape index (κ1) is 10.3. The molecule has 0 amide bonds. The van der Waals surface area contributed by atoms with Gasteiger partial charge in [-0.15, -0.1) is 0 Å². The largest absolute Gasteiger partial charge is 0.488 e. The molecule has 0 fully saturated rings. The van der Waals surface area contributed by atoms with Gasteiger partial charge in [-0.3, -0.25) is 0 Å². The zero-order valence-corrected chi connectivity index (χ0v) is 7.90. The number of hydrogen-bond donors (Lipinski definition) is 0. The number of halogens is 2. The first-order valence-electron chi connectivity index (χ1n) is 4.44. The Bertz CT molecular complexity index is 192. The maximum absolute atomic E-state index is 12.8. The predicted octanol–water partition coefficient (Wildman–Crippen LogP) is 2.70. The quantitative estimate of drug-likeness (QED) is 0.669. The number of hydrogen-bond acceptors (Lipinski definition) is 2. The standard InChI is InChI=1S/C9H14F2O2/c1-3-7-8(4-2)13-6-9(10,11)5-12-7/h3-6H2,1-2H3. The van der Waals surface area contributed by atoms with Crippen LogP contribution in [0.2, 0.25) is 0 Å². The molecular weight excluding hydrogens is 178 g/mol. The summed E-state index contributed by atoms with van der Waals surface area (Å²) in [5.41, 5.74) is 0. The molecule has 1 rings (SSSR count). The molecule has 0 radical (unpaired) electrons. The maximum Gasteiger partial charge on any atom is 0.314 e. The van der Waals surface area contributed by atoms with Crippen molar-refractivity contribution in [3.8, 4) is 0 Å². The lowest BCUT2D eigenvalue weighted by molar-refractivity contribution is -0.0865. The van der Waals surface area contributed by atoms with E-state index in [2.05, 4.69) is 0 Å². The van der Waals surface area contributed by atoms with Gasteiger partial charge in [-0.2, -0.15) is 8.78 Å². The van der Waals surface area contributed by atoms with Crippen LogP contribution in [0.4, 0.5) is 8.78 Å². The van der Waals surface area contributed by atoms with E-state index in [4.69, 9.17) is 9.47 Å². The highest BCUT2D eigenvalue weighted by atomic mass is 19.3. The molecule has 0 unspecified atom stereocenters. The van der Waals surface area contributed by atoms with Crippen molar-refractivity contribution in [2.75, 3.05) is 13.2 Å². The average molecular weight is 192 g/mol. The van der Waals surface area contributed by atoms with Crippen molar-refractivity contribution in [1.29, 1.82) is 0 Å². The SMILES string of the molecule is CCC1=C(CC)OCC(F)(F)CO1. The van der Waals surface area contributed by atoms with E-state index in [1.807, 2.05) is 13.8 Å².